The van der Waals surface area contributed by atoms with Gasteiger partial charge in [-0.25, -0.2) is 0 Å². The van der Waals surface area contributed by atoms with Crippen molar-refractivity contribution in [1.29, 1.82) is 0 Å². The van der Waals surface area contributed by atoms with E-state index in [0.29, 0.717) is 16.3 Å². The first-order valence-electron chi connectivity index (χ1n) is 9.26. The standard InChI is InChI=1S/C20H20F3N5O2S/c1-30-14-8-6-13(7-9-14)18-26-27-19(31)28(18)11-10-17(29)25-16-5-3-2-4-15(16)24-12-20(21,22)23/h2-9,24H,10-12H2,1H3,(H,25,29)(H,27,31). The van der Waals surface area contributed by atoms with Crippen LogP contribution in [0.25, 0.3) is 11.4 Å². The van der Waals surface area contributed by atoms with E-state index in [1.165, 1.54) is 12.1 Å². The molecule has 0 fully saturated rings. The van der Waals surface area contributed by atoms with E-state index >= 15 is 0 Å². The van der Waals surface area contributed by atoms with Gasteiger partial charge in [0.05, 0.1) is 18.5 Å². The molecule has 2 aromatic carbocycles. The van der Waals surface area contributed by atoms with Crippen molar-refractivity contribution < 1.29 is 22.7 Å². The minimum absolute atomic E-state index is 0.0462. The zero-order valence-electron chi connectivity index (χ0n) is 16.5. The minimum Gasteiger partial charge on any atom is -0.497 e. The summed E-state index contributed by atoms with van der Waals surface area (Å²) >= 11 is 5.27. The van der Waals surface area contributed by atoms with Gasteiger partial charge < -0.3 is 15.4 Å². The molecule has 0 aliphatic heterocycles. The van der Waals surface area contributed by atoms with Gasteiger partial charge in [-0.3, -0.25) is 14.5 Å². The second-order valence-corrected chi connectivity index (χ2v) is 6.93. The van der Waals surface area contributed by atoms with E-state index in [2.05, 4.69) is 20.8 Å². The fraction of sp³-hybridized carbons (Fsp3) is 0.250. The molecule has 0 bridgehead atoms. The number of aromatic amines is 1. The molecule has 3 aromatic rings. The fourth-order valence-corrected chi connectivity index (χ4v) is 3.08. The largest absolute Gasteiger partial charge is 0.497 e. The summed E-state index contributed by atoms with van der Waals surface area (Å²) in [5, 5.41) is 11.9. The van der Waals surface area contributed by atoms with Crippen LogP contribution in [0.4, 0.5) is 24.5 Å². The smallest absolute Gasteiger partial charge is 0.405 e. The highest BCUT2D eigenvalue weighted by Crippen LogP contribution is 2.24. The molecule has 3 rings (SSSR count). The number of H-pyrrole nitrogens is 1. The highest BCUT2D eigenvalue weighted by molar-refractivity contribution is 7.71. The van der Waals surface area contributed by atoms with Crippen molar-refractivity contribution in [2.45, 2.75) is 19.1 Å². The van der Waals surface area contributed by atoms with Crippen LogP contribution in [0.1, 0.15) is 6.42 Å². The lowest BCUT2D eigenvalue weighted by Gasteiger charge is -2.14. The van der Waals surface area contributed by atoms with Crippen molar-refractivity contribution in [2.75, 3.05) is 24.3 Å². The van der Waals surface area contributed by atoms with Crippen LogP contribution in [0.2, 0.25) is 0 Å². The van der Waals surface area contributed by atoms with Gasteiger partial charge in [-0.15, -0.1) is 0 Å². The quantitative estimate of drug-likeness (QED) is 0.436. The van der Waals surface area contributed by atoms with Crippen molar-refractivity contribution in [3.8, 4) is 17.1 Å². The van der Waals surface area contributed by atoms with Crippen LogP contribution in [-0.2, 0) is 11.3 Å². The molecule has 164 valence electrons. The summed E-state index contributed by atoms with van der Waals surface area (Å²) in [4.78, 5) is 12.4. The number of hydrogen-bond donors (Lipinski definition) is 3. The van der Waals surface area contributed by atoms with E-state index in [4.69, 9.17) is 17.0 Å². The van der Waals surface area contributed by atoms with Crippen LogP contribution in [0, 0.1) is 4.77 Å². The summed E-state index contributed by atoms with van der Waals surface area (Å²) in [7, 11) is 1.57. The number of carbonyl (C=O) groups excluding carboxylic acids is 1. The number of carbonyl (C=O) groups is 1. The van der Waals surface area contributed by atoms with Gasteiger partial charge in [0.15, 0.2) is 10.6 Å². The first kappa shape index (κ1) is 22.3. The van der Waals surface area contributed by atoms with E-state index < -0.39 is 12.7 Å². The molecule has 31 heavy (non-hydrogen) atoms. The zero-order chi connectivity index (χ0) is 22.4. The number of amides is 1. The number of methoxy groups -OCH3 is 1. The Kier molecular flexibility index (Phi) is 6.95. The number of nitrogens with zero attached hydrogens (tertiary/aromatic N) is 2. The molecule has 3 N–H and O–H groups in total. The van der Waals surface area contributed by atoms with Crippen LogP contribution in [0.15, 0.2) is 48.5 Å². The third kappa shape index (κ3) is 6.07. The van der Waals surface area contributed by atoms with E-state index in [0.717, 1.165) is 5.56 Å². The third-order valence-electron chi connectivity index (χ3n) is 4.35. The number of para-hydroxylation sites is 2. The van der Waals surface area contributed by atoms with Crippen LogP contribution in [0.3, 0.4) is 0 Å². The van der Waals surface area contributed by atoms with E-state index in [-0.39, 0.29) is 30.2 Å². The zero-order valence-corrected chi connectivity index (χ0v) is 17.3. The number of rotatable bonds is 8. The number of alkyl halides is 3. The molecule has 0 spiro atoms. The molecule has 0 aliphatic rings. The van der Waals surface area contributed by atoms with Gasteiger partial charge in [0.1, 0.15) is 12.3 Å². The lowest BCUT2D eigenvalue weighted by atomic mass is 10.2. The molecule has 0 radical (unpaired) electrons. The van der Waals surface area contributed by atoms with Gasteiger partial charge in [-0.1, -0.05) is 12.1 Å². The normalized spacial score (nSPS) is 11.2. The number of ether oxygens (including phenoxy) is 1. The Morgan fingerprint density at radius 2 is 1.84 bits per heavy atom. The van der Waals surface area contributed by atoms with Crippen LogP contribution >= 0.6 is 12.2 Å². The average Bonchev–Trinajstić information content (AvgIpc) is 3.11. The lowest BCUT2D eigenvalue weighted by Crippen LogP contribution is -2.22. The van der Waals surface area contributed by atoms with Crippen LogP contribution in [-0.4, -0.2) is 40.5 Å². The van der Waals surface area contributed by atoms with E-state index in [1.54, 1.807) is 35.9 Å². The maximum Gasteiger partial charge on any atom is 0.405 e. The Balaban J connectivity index is 1.67. The predicted octanol–water partition coefficient (Wildman–Crippen LogP) is 4.62. The van der Waals surface area contributed by atoms with Gasteiger partial charge >= 0.3 is 6.18 Å². The molecule has 7 nitrogen and oxygen atoms in total. The SMILES string of the molecule is COc1ccc(-c2n[nH]c(=S)n2CCC(=O)Nc2ccccc2NCC(F)(F)F)cc1. The number of hydrogen-bond acceptors (Lipinski definition) is 5. The molecule has 1 amide bonds. The molecule has 0 atom stereocenters. The molecular weight excluding hydrogens is 431 g/mol. The van der Waals surface area contributed by atoms with Gasteiger partial charge in [0, 0.05) is 18.5 Å². The van der Waals surface area contributed by atoms with Crippen molar-refractivity contribution in [3.63, 3.8) is 0 Å². The average molecular weight is 451 g/mol. The molecule has 0 aliphatic carbocycles. The van der Waals surface area contributed by atoms with Crippen LogP contribution in [0.5, 0.6) is 5.75 Å². The fourth-order valence-electron chi connectivity index (χ4n) is 2.85. The summed E-state index contributed by atoms with van der Waals surface area (Å²) in [6.07, 6.45) is -4.32. The highest BCUT2D eigenvalue weighted by atomic mass is 32.1. The summed E-state index contributed by atoms with van der Waals surface area (Å²) in [5.74, 6) is 0.888. The first-order chi connectivity index (χ1) is 14.8. The van der Waals surface area contributed by atoms with Crippen molar-refractivity contribution in [2.24, 2.45) is 0 Å². The Morgan fingerprint density at radius 1 is 1.16 bits per heavy atom. The number of anilines is 2. The summed E-state index contributed by atoms with van der Waals surface area (Å²) in [6, 6.07) is 13.4. The Bertz CT molecular complexity index is 1090. The summed E-state index contributed by atoms with van der Waals surface area (Å²) < 4.78 is 44.7. The second-order valence-electron chi connectivity index (χ2n) is 6.54. The summed E-state index contributed by atoms with van der Waals surface area (Å²) in [6.45, 7) is -0.962. The van der Waals surface area contributed by atoms with Crippen molar-refractivity contribution in [3.05, 3.63) is 53.3 Å². The highest BCUT2D eigenvalue weighted by Gasteiger charge is 2.27. The van der Waals surface area contributed by atoms with Crippen molar-refractivity contribution in [1.82, 2.24) is 14.8 Å². The third-order valence-corrected chi connectivity index (χ3v) is 4.66. The van der Waals surface area contributed by atoms with Gasteiger partial charge in [-0.2, -0.15) is 18.3 Å². The predicted molar refractivity (Wildman–Crippen MR) is 114 cm³/mol. The number of benzene rings is 2. The number of aromatic nitrogens is 3. The van der Waals surface area contributed by atoms with Crippen LogP contribution < -0.4 is 15.4 Å². The molecule has 0 saturated heterocycles. The van der Waals surface area contributed by atoms with E-state index in [1.807, 2.05) is 12.1 Å². The Labute approximate surface area is 181 Å². The monoisotopic (exact) mass is 451 g/mol. The maximum atomic E-state index is 12.5. The van der Waals surface area contributed by atoms with Gasteiger partial charge in [0.25, 0.3) is 0 Å². The lowest BCUT2D eigenvalue weighted by molar-refractivity contribution is -0.116. The topological polar surface area (TPSA) is 84.0 Å². The summed E-state index contributed by atoms with van der Waals surface area (Å²) in [5.41, 5.74) is 1.24. The number of halogens is 3. The Morgan fingerprint density at radius 3 is 2.48 bits per heavy atom. The maximum absolute atomic E-state index is 12.5. The number of nitrogens with one attached hydrogen (secondary N) is 3. The Hall–Kier alpha value is -3.34. The van der Waals surface area contributed by atoms with Gasteiger partial charge in [0.2, 0.25) is 5.91 Å². The molecular formula is C20H20F3N5O2S. The minimum atomic E-state index is -4.37. The molecule has 1 heterocycles. The van der Waals surface area contributed by atoms with Gasteiger partial charge in [-0.05, 0) is 48.6 Å². The van der Waals surface area contributed by atoms with Crippen molar-refractivity contribution >= 4 is 29.5 Å². The first-order valence-corrected chi connectivity index (χ1v) is 9.67. The second kappa shape index (κ2) is 9.65. The van der Waals surface area contributed by atoms with E-state index in [9.17, 15) is 18.0 Å². The molecule has 11 heteroatoms. The molecule has 0 saturated carbocycles. The molecule has 1 aromatic heterocycles. The molecule has 0 unspecified atom stereocenters.